The third-order valence-electron chi connectivity index (χ3n) is 5.82. The van der Waals surface area contributed by atoms with Crippen molar-refractivity contribution in [1.82, 2.24) is 0 Å². The summed E-state index contributed by atoms with van der Waals surface area (Å²) < 4.78 is 0. The van der Waals surface area contributed by atoms with Gasteiger partial charge in [-0.25, -0.2) is 0 Å². The smallest absolute Gasteiger partial charge is 0.0347 e. The van der Waals surface area contributed by atoms with Crippen molar-refractivity contribution in [2.45, 2.75) is 76.2 Å². The van der Waals surface area contributed by atoms with Crippen molar-refractivity contribution >= 4 is 0 Å². The lowest BCUT2D eigenvalue weighted by molar-refractivity contribution is 1.21. The molecule has 0 rings (SSSR count). The molecule has 0 unspecified atom stereocenters. The van der Waals surface area contributed by atoms with E-state index in [1.165, 1.54) is 39.0 Å². The van der Waals surface area contributed by atoms with Gasteiger partial charge >= 0.3 is 0 Å². The molecule has 0 aliphatic rings. The molecule has 1 nitrogen and oxygen atoms in total. The van der Waals surface area contributed by atoms with Crippen LogP contribution in [0.15, 0.2) is 117 Å². The molecule has 0 heterocycles. The van der Waals surface area contributed by atoms with Crippen LogP contribution in [0.4, 0.5) is 0 Å². The molecule has 0 saturated heterocycles. The molecule has 0 bridgehead atoms. The van der Waals surface area contributed by atoms with E-state index in [2.05, 4.69) is 117 Å². The maximum atomic E-state index is 6.37. The molecule has 0 radical (unpaired) electrons. The molecular formula is C31H45N. The number of nitrogens with two attached hydrogens (primary N) is 1. The predicted molar refractivity (Wildman–Crippen MR) is 147 cm³/mol. The van der Waals surface area contributed by atoms with Crippen molar-refractivity contribution < 1.29 is 0 Å². The lowest BCUT2D eigenvalue weighted by atomic mass is 9.80. The summed E-state index contributed by atoms with van der Waals surface area (Å²) in [5.74, 6) is 0. The summed E-state index contributed by atoms with van der Waals surface area (Å²) in [6.45, 7) is 23.0. The molecule has 0 atom stereocenters. The van der Waals surface area contributed by atoms with Gasteiger partial charge in [0.2, 0.25) is 0 Å². The van der Waals surface area contributed by atoms with E-state index in [-0.39, 0.29) is 0 Å². The highest BCUT2D eigenvalue weighted by Crippen LogP contribution is 2.39. The number of rotatable bonds is 9. The molecule has 0 fully saturated rings. The minimum absolute atomic E-state index is 0.790. The zero-order chi connectivity index (χ0) is 24.8. The Labute approximate surface area is 198 Å². The molecule has 1 heteroatoms. The average molecular weight is 432 g/mol. The highest BCUT2D eigenvalue weighted by molar-refractivity contribution is 5.72. The van der Waals surface area contributed by atoms with Crippen LogP contribution in [0.1, 0.15) is 76.2 Å². The van der Waals surface area contributed by atoms with E-state index in [1.54, 1.807) is 0 Å². The summed E-state index contributed by atoms with van der Waals surface area (Å²) in [6, 6.07) is 0. The van der Waals surface area contributed by atoms with Gasteiger partial charge in [0.05, 0.1) is 0 Å². The molecule has 2 N–H and O–H groups in total. The van der Waals surface area contributed by atoms with Crippen molar-refractivity contribution in [3.63, 3.8) is 0 Å². The second kappa shape index (κ2) is 15.1. The third-order valence-corrected chi connectivity index (χ3v) is 5.82. The molecule has 0 aromatic heterocycles. The van der Waals surface area contributed by atoms with Gasteiger partial charge in [0, 0.05) is 11.3 Å². The van der Waals surface area contributed by atoms with Crippen molar-refractivity contribution in [2.75, 3.05) is 0 Å². The van der Waals surface area contributed by atoms with Gasteiger partial charge in [0.15, 0.2) is 0 Å². The lowest BCUT2D eigenvalue weighted by Crippen LogP contribution is -2.09. The molecule has 0 amide bonds. The highest BCUT2D eigenvalue weighted by atomic mass is 14.6. The zero-order valence-corrected chi connectivity index (χ0v) is 22.4. The Morgan fingerprint density at radius 1 is 0.344 bits per heavy atom. The van der Waals surface area contributed by atoms with E-state index in [0.717, 1.165) is 16.8 Å². The SMILES string of the molecule is CC=C(C)C(=CC)C(=CC)C(=CC)C(=CC)C(=CC)C(=CC)C(=CC)C(=CC)C(N)=CC. The van der Waals surface area contributed by atoms with Crippen LogP contribution in [-0.4, -0.2) is 0 Å². The van der Waals surface area contributed by atoms with E-state index < -0.39 is 0 Å². The standard InChI is InChI=1S/C31H45N/c1-12-22(11)23(13-2)24(14-3)25(15-4)26(16-5)27(17-6)28(18-7)29(19-8)30(20-9)31(32)21-10/h12-21H,32H2,1-11H3. The average Bonchev–Trinajstić information content (AvgIpc) is 2.83. The Bertz CT molecular complexity index is 878. The van der Waals surface area contributed by atoms with Crippen LogP contribution >= 0.6 is 0 Å². The van der Waals surface area contributed by atoms with Gasteiger partial charge in [-0.2, -0.15) is 0 Å². The first-order valence-corrected chi connectivity index (χ1v) is 11.7. The second-order valence-corrected chi connectivity index (χ2v) is 7.33. The maximum Gasteiger partial charge on any atom is 0.0347 e. The summed E-state index contributed by atoms with van der Waals surface area (Å²) in [7, 11) is 0. The molecule has 0 aliphatic carbocycles. The lowest BCUT2D eigenvalue weighted by Gasteiger charge is -2.24. The fraction of sp³-hybridized carbons (Fsp3) is 0.355. The largest absolute Gasteiger partial charge is 0.399 e. The maximum absolute atomic E-state index is 6.37. The fourth-order valence-corrected chi connectivity index (χ4v) is 4.12. The topological polar surface area (TPSA) is 26.0 Å². The molecule has 0 aromatic rings. The van der Waals surface area contributed by atoms with E-state index in [4.69, 9.17) is 5.73 Å². The minimum Gasteiger partial charge on any atom is -0.399 e. The van der Waals surface area contributed by atoms with Crippen LogP contribution < -0.4 is 5.73 Å². The minimum atomic E-state index is 0.790. The van der Waals surface area contributed by atoms with Gasteiger partial charge in [0.25, 0.3) is 0 Å². The first kappa shape index (κ1) is 29.2. The van der Waals surface area contributed by atoms with Gasteiger partial charge in [-0.15, -0.1) is 0 Å². The Kier molecular flexibility index (Phi) is 13.8. The van der Waals surface area contributed by atoms with Gasteiger partial charge in [0.1, 0.15) is 0 Å². The van der Waals surface area contributed by atoms with E-state index in [1.807, 2.05) is 19.9 Å². The first-order valence-electron chi connectivity index (χ1n) is 11.7. The monoisotopic (exact) mass is 431 g/mol. The number of allylic oxidation sites excluding steroid dienone is 18. The summed E-state index contributed by atoms with van der Waals surface area (Å²) in [5, 5.41) is 0. The predicted octanol–water partition coefficient (Wildman–Crippen LogP) is 9.39. The Hall–Kier alpha value is -2.80. The molecule has 0 aliphatic heterocycles. The second-order valence-electron chi connectivity index (χ2n) is 7.33. The van der Waals surface area contributed by atoms with Gasteiger partial charge in [-0.3, -0.25) is 0 Å². The first-order chi connectivity index (χ1) is 15.3. The van der Waals surface area contributed by atoms with Crippen LogP contribution in [0.5, 0.6) is 0 Å². The Morgan fingerprint density at radius 3 is 0.812 bits per heavy atom. The Balaban J connectivity index is 6.92. The van der Waals surface area contributed by atoms with E-state index in [9.17, 15) is 0 Å². The van der Waals surface area contributed by atoms with Crippen LogP contribution in [-0.2, 0) is 0 Å². The zero-order valence-electron chi connectivity index (χ0n) is 22.4. The van der Waals surface area contributed by atoms with Crippen LogP contribution in [0.25, 0.3) is 0 Å². The molecule has 0 spiro atoms. The highest BCUT2D eigenvalue weighted by Gasteiger charge is 2.21. The Morgan fingerprint density at radius 2 is 0.594 bits per heavy atom. The third kappa shape index (κ3) is 6.60. The van der Waals surface area contributed by atoms with Crippen LogP contribution in [0.2, 0.25) is 0 Å². The van der Waals surface area contributed by atoms with Crippen molar-refractivity contribution in [3.05, 3.63) is 117 Å². The summed E-state index contributed by atoms with van der Waals surface area (Å²) in [4.78, 5) is 0. The van der Waals surface area contributed by atoms with E-state index in [0.29, 0.717) is 0 Å². The van der Waals surface area contributed by atoms with Crippen molar-refractivity contribution in [1.29, 1.82) is 0 Å². The van der Waals surface area contributed by atoms with Crippen LogP contribution in [0, 0.1) is 0 Å². The quantitative estimate of drug-likeness (QED) is 0.361. The van der Waals surface area contributed by atoms with Crippen molar-refractivity contribution in [2.24, 2.45) is 5.73 Å². The summed E-state index contributed by atoms with van der Waals surface area (Å²) >= 11 is 0. The summed E-state index contributed by atoms with van der Waals surface area (Å²) in [6.07, 6.45) is 21.7. The summed E-state index contributed by atoms with van der Waals surface area (Å²) in [5.41, 5.74) is 18.0. The van der Waals surface area contributed by atoms with Gasteiger partial charge in [-0.1, -0.05) is 60.8 Å². The van der Waals surface area contributed by atoms with Crippen molar-refractivity contribution in [3.8, 4) is 0 Å². The van der Waals surface area contributed by atoms with Crippen LogP contribution in [0.3, 0.4) is 0 Å². The molecule has 0 saturated carbocycles. The van der Waals surface area contributed by atoms with E-state index >= 15 is 0 Å². The normalized spacial score (nSPS) is 17.3. The molecule has 0 aromatic carbocycles. The number of hydrogen-bond donors (Lipinski definition) is 1. The molecule has 174 valence electrons. The van der Waals surface area contributed by atoms with Gasteiger partial charge in [-0.05, 0) is 121 Å². The fourth-order valence-electron chi connectivity index (χ4n) is 4.12. The van der Waals surface area contributed by atoms with Gasteiger partial charge < -0.3 is 5.73 Å². The molecular weight excluding hydrogens is 386 g/mol. The molecule has 32 heavy (non-hydrogen) atoms. The number of hydrogen-bond acceptors (Lipinski definition) is 1.